The highest BCUT2D eigenvalue weighted by Gasteiger charge is 2.21. The Hall–Kier alpha value is -1.60. The number of carbonyl (C=O) groups is 2. The molecule has 1 unspecified atom stereocenters. The molecule has 2 N–H and O–H groups in total. The molecular formula is C12H18N2O4S. The number of rotatable bonds is 7. The molecule has 19 heavy (non-hydrogen) atoms. The van der Waals surface area contributed by atoms with Crippen molar-refractivity contribution in [3.8, 4) is 0 Å². The summed E-state index contributed by atoms with van der Waals surface area (Å²) in [5.41, 5.74) is 0. The van der Waals surface area contributed by atoms with Gasteiger partial charge in [0.05, 0.1) is 6.54 Å². The van der Waals surface area contributed by atoms with E-state index in [2.05, 4.69) is 5.32 Å². The first kappa shape index (κ1) is 15.5. The molecule has 1 aromatic rings. The third-order valence-corrected chi connectivity index (χ3v) is 3.39. The van der Waals surface area contributed by atoms with Crippen molar-refractivity contribution in [2.75, 3.05) is 20.8 Å². The standard InChI is InChI=1S/C12H18N2O4S/c1-14(8-9-4-3-7-19-9)12(17)13-10(11(15)16)5-6-18-2/h3-4,7,10H,5-6,8H2,1-2H3,(H,13,17)(H,15,16). The largest absolute Gasteiger partial charge is 0.480 e. The van der Waals surface area contributed by atoms with Crippen LogP contribution in [-0.2, 0) is 16.1 Å². The molecule has 1 heterocycles. The molecule has 0 saturated heterocycles. The van der Waals surface area contributed by atoms with Crippen LogP contribution in [-0.4, -0.2) is 48.8 Å². The van der Waals surface area contributed by atoms with Gasteiger partial charge in [-0.1, -0.05) is 6.07 Å². The van der Waals surface area contributed by atoms with E-state index in [0.717, 1.165) is 4.88 Å². The average Bonchev–Trinajstić information content (AvgIpc) is 2.86. The molecule has 0 aliphatic heterocycles. The summed E-state index contributed by atoms with van der Waals surface area (Å²) in [5, 5.41) is 13.4. The molecule has 0 saturated carbocycles. The SMILES string of the molecule is COCCC(NC(=O)N(C)Cc1cccs1)C(=O)O. The van der Waals surface area contributed by atoms with Gasteiger partial charge in [0.15, 0.2) is 0 Å². The third-order valence-electron chi connectivity index (χ3n) is 2.53. The number of nitrogens with zero attached hydrogens (tertiary/aromatic N) is 1. The molecule has 1 atom stereocenters. The fourth-order valence-electron chi connectivity index (χ4n) is 1.46. The van der Waals surface area contributed by atoms with Gasteiger partial charge in [-0.05, 0) is 11.4 Å². The van der Waals surface area contributed by atoms with Crippen molar-refractivity contribution in [3.63, 3.8) is 0 Å². The number of aliphatic carboxylic acids is 1. The van der Waals surface area contributed by atoms with E-state index in [0.29, 0.717) is 6.54 Å². The van der Waals surface area contributed by atoms with Crippen LogP contribution in [0.4, 0.5) is 4.79 Å². The van der Waals surface area contributed by atoms with Crippen LogP contribution >= 0.6 is 11.3 Å². The van der Waals surface area contributed by atoms with Crippen LogP contribution in [0.3, 0.4) is 0 Å². The number of hydrogen-bond donors (Lipinski definition) is 2. The Kier molecular flexibility index (Phi) is 6.31. The Morgan fingerprint density at radius 1 is 1.58 bits per heavy atom. The maximum atomic E-state index is 11.9. The molecule has 106 valence electrons. The van der Waals surface area contributed by atoms with Crippen molar-refractivity contribution in [2.45, 2.75) is 19.0 Å². The number of urea groups is 1. The number of hydrogen-bond acceptors (Lipinski definition) is 4. The lowest BCUT2D eigenvalue weighted by atomic mass is 10.2. The van der Waals surface area contributed by atoms with Gasteiger partial charge in [0, 0.05) is 32.1 Å². The van der Waals surface area contributed by atoms with E-state index in [1.165, 1.54) is 12.0 Å². The maximum absolute atomic E-state index is 11.9. The van der Waals surface area contributed by atoms with Crippen molar-refractivity contribution in [3.05, 3.63) is 22.4 Å². The smallest absolute Gasteiger partial charge is 0.326 e. The number of carboxylic acid groups (broad SMARTS) is 1. The highest BCUT2D eigenvalue weighted by Crippen LogP contribution is 2.10. The Labute approximate surface area is 116 Å². The van der Waals surface area contributed by atoms with E-state index >= 15 is 0 Å². The zero-order chi connectivity index (χ0) is 14.3. The van der Waals surface area contributed by atoms with Crippen molar-refractivity contribution >= 4 is 23.3 Å². The van der Waals surface area contributed by atoms with Crippen LogP contribution < -0.4 is 5.32 Å². The zero-order valence-corrected chi connectivity index (χ0v) is 11.8. The van der Waals surface area contributed by atoms with Gasteiger partial charge in [-0.25, -0.2) is 9.59 Å². The lowest BCUT2D eigenvalue weighted by Gasteiger charge is -2.20. The van der Waals surface area contributed by atoms with E-state index in [1.807, 2.05) is 17.5 Å². The van der Waals surface area contributed by atoms with Crippen molar-refractivity contribution < 1.29 is 19.4 Å². The fraction of sp³-hybridized carbons (Fsp3) is 0.500. The molecule has 1 aromatic heterocycles. The van der Waals surface area contributed by atoms with Gasteiger partial charge < -0.3 is 20.1 Å². The van der Waals surface area contributed by atoms with Gasteiger partial charge in [-0.15, -0.1) is 11.3 Å². The Balaban J connectivity index is 2.48. The number of methoxy groups -OCH3 is 1. The molecule has 0 aliphatic carbocycles. The predicted octanol–water partition coefficient (Wildman–Crippen LogP) is 1.38. The van der Waals surface area contributed by atoms with Gasteiger partial charge in [-0.2, -0.15) is 0 Å². The first-order valence-electron chi connectivity index (χ1n) is 5.80. The van der Waals surface area contributed by atoms with Crippen LogP contribution in [0.5, 0.6) is 0 Å². The molecule has 0 aromatic carbocycles. The summed E-state index contributed by atoms with van der Waals surface area (Å²) < 4.78 is 4.82. The molecule has 0 fully saturated rings. The lowest BCUT2D eigenvalue weighted by molar-refractivity contribution is -0.139. The number of amides is 2. The maximum Gasteiger partial charge on any atom is 0.326 e. The molecule has 0 aliphatic rings. The van der Waals surface area contributed by atoms with Crippen molar-refractivity contribution in [2.24, 2.45) is 0 Å². The van der Waals surface area contributed by atoms with Crippen LogP contribution in [0, 0.1) is 0 Å². The first-order chi connectivity index (χ1) is 9.04. The second-order valence-corrected chi connectivity index (χ2v) is 5.09. The molecule has 0 bridgehead atoms. The lowest BCUT2D eigenvalue weighted by Crippen LogP contribution is -2.46. The van der Waals surface area contributed by atoms with Gasteiger partial charge in [0.25, 0.3) is 0 Å². The highest BCUT2D eigenvalue weighted by molar-refractivity contribution is 7.09. The number of nitrogens with one attached hydrogen (secondary N) is 1. The summed E-state index contributed by atoms with van der Waals surface area (Å²) in [6.07, 6.45) is 0.240. The van der Waals surface area contributed by atoms with Crippen molar-refractivity contribution in [1.82, 2.24) is 10.2 Å². The molecule has 0 spiro atoms. The summed E-state index contributed by atoms with van der Waals surface area (Å²) in [4.78, 5) is 25.4. The monoisotopic (exact) mass is 286 g/mol. The van der Waals surface area contributed by atoms with E-state index in [-0.39, 0.29) is 13.0 Å². The van der Waals surface area contributed by atoms with Crippen LogP contribution in [0.1, 0.15) is 11.3 Å². The van der Waals surface area contributed by atoms with Gasteiger partial charge >= 0.3 is 12.0 Å². The molecule has 0 radical (unpaired) electrons. The fourth-order valence-corrected chi connectivity index (χ4v) is 2.22. The summed E-state index contributed by atoms with van der Waals surface area (Å²) in [6, 6.07) is 2.49. The number of carbonyl (C=O) groups excluding carboxylic acids is 1. The number of ether oxygens (including phenoxy) is 1. The summed E-state index contributed by atoms with van der Waals surface area (Å²) in [7, 11) is 3.12. The number of thiophene rings is 1. The molecular weight excluding hydrogens is 268 g/mol. The quantitative estimate of drug-likeness (QED) is 0.793. The van der Waals surface area contributed by atoms with Gasteiger partial charge in [-0.3, -0.25) is 0 Å². The van der Waals surface area contributed by atoms with Crippen molar-refractivity contribution in [1.29, 1.82) is 0 Å². The van der Waals surface area contributed by atoms with Gasteiger partial charge in [0.1, 0.15) is 6.04 Å². The van der Waals surface area contributed by atoms with Crippen LogP contribution in [0.25, 0.3) is 0 Å². The van der Waals surface area contributed by atoms with E-state index in [4.69, 9.17) is 9.84 Å². The normalized spacial score (nSPS) is 11.9. The Morgan fingerprint density at radius 3 is 2.84 bits per heavy atom. The highest BCUT2D eigenvalue weighted by atomic mass is 32.1. The van der Waals surface area contributed by atoms with E-state index < -0.39 is 18.0 Å². The first-order valence-corrected chi connectivity index (χ1v) is 6.68. The number of carboxylic acids is 1. The Bertz CT molecular complexity index is 408. The van der Waals surface area contributed by atoms with Gasteiger partial charge in [0.2, 0.25) is 0 Å². The Morgan fingerprint density at radius 2 is 2.32 bits per heavy atom. The minimum Gasteiger partial charge on any atom is -0.480 e. The minimum atomic E-state index is -1.06. The second kappa shape index (κ2) is 7.75. The van der Waals surface area contributed by atoms with E-state index in [9.17, 15) is 9.59 Å². The molecule has 6 nitrogen and oxygen atoms in total. The second-order valence-electron chi connectivity index (χ2n) is 4.06. The average molecular weight is 286 g/mol. The summed E-state index contributed by atoms with van der Waals surface area (Å²) in [5.74, 6) is -1.06. The molecule has 7 heteroatoms. The predicted molar refractivity (Wildman–Crippen MR) is 72.2 cm³/mol. The minimum absolute atomic E-state index is 0.240. The molecule has 1 rings (SSSR count). The third kappa shape index (κ3) is 5.27. The van der Waals surface area contributed by atoms with Crippen LogP contribution in [0.15, 0.2) is 17.5 Å². The topological polar surface area (TPSA) is 78.9 Å². The summed E-state index contributed by atoms with van der Waals surface area (Å²) in [6.45, 7) is 0.742. The zero-order valence-electron chi connectivity index (χ0n) is 11.0. The van der Waals surface area contributed by atoms with Crippen LogP contribution in [0.2, 0.25) is 0 Å². The molecule has 2 amide bonds. The summed E-state index contributed by atoms with van der Waals surface area (Å²) >= 11 is 1.55. The van der Waals surface area contributed by atoms with E-state index in [1.54, 1.807) is 18.4 Å².